The molecule has 4 nitrogen and oxygen atoms in total. The Hall–Kier alpha value is -1.81. The largest absolute Gasteiger partial charge is 0.419 e. The molecule has 0 amide bonds. The molecule has 1 aromatic rings. The number of ether oxygens (including phenoxy) is 2. The molecular weight excluding hydrogens is 268 g/mol. The molecule has 0 bridgehead atoms. The van der Waals surface area contributed by atoms with E-state index in [1.165, 1.54) is 19.9 Å². The molecule has 0 spiro atoms. The van der Waals surface area contributed by atoms with Gasteiger partial charge in [0.05, 0.1) is 0 Å². The van der Waals surface area contributed by atoms with Crippen molar-refractivity contribution in [2.75, 3.05) is 0 Å². The lowest BCUT2D eigenvalue weighted by molar-refractivity contribution is -0.222. The van der Waals surface area contributed by atoms with Crippen LogP contribution in [-0.2, 0) is 19.1 Å². The van der Waals surface area contributed by atoms with Crippen molar-refractivity contribution in [3.05, 3.63) is 39.9 Å². The Morgan fingerprint density at radius 1 is 1.16 bits per heavy atom. The second kappa shape index (κ2) is 4.70. The van der Waals surface area contributed by atoms with E-state index in [4.69, 9.17) is 21.1 Å². The van der Waals surface area contributed by atoms with Crippen LogP contribution in [0.1, 0.15) is 25.0 Å². The van der Waals surface area contributed by atoms with E-state index in [0.29, 0.717) is 10.6 Å². The topological polar surface area (TPSA) is 52.6 Å². The number of benzene rings is 1. The summed E-state index contributed by atoms with van der Waals surface area (Å²) in [6.45, 7) is 4.85. The summed E-state index contributed by atoms with van der Waals surface area (Å²) in [6, 6.07) is 5.16. The third-order valence-corrected chi connectivity index (χ3v) is 2.88. The van der Waals surface area contributed by atoms with Crippen molar-refractivity contribution in [1.29, 1.82) is 0 Å². The van der Waals surface area contributed by atoms with Crippen LogP contribution < -0.4 is 0 Å². The van der Waals surface area contributed by atoms with Gasteiger partial charge in [0.25, 0.3) is 5.79 Å². The fourth-order valence-electron chi connectivity index (χ4n) is 1.74. The molecule has 2 rings (SSSR count). The smallest absolute Gasteiger partial charge is 0.348 e. The monoisotopic (exact) mass is 280 g/mol. The summed E-state index contributed by atoms with van der Waals surface area (Å²) in [7, 11) is 0. The second-order valence-corrected chi connectivity index (χ2v) is 5.17. The zero-order chi connectivity index (χ0) is 14.2. The van der Waals surface area contributed by atoms with Crippen LogP contribution >= 0.6 is 11.6 Å². The van der Waals surface area contributed by atoms with Crippen molar-refractivity contribution in [1.82, 2.24) is 0 Å². The Balaban J connectivity index is 2.38. The summed E-state index contributed by atoms with van der Waals surface area (Å²) in [6.07, 6.45) is 1.45. The lowest BCUT2D eigenvalue weighted by Crippen LogP contribution is -2.41. The second-order valence-electron chi connectivity index (χ2n) is 4.74. The number of carbonyl (C=O) groups excluding carboxylic acids is 2. The molecule has 0 N–H and O–H groups in total. The third-order valence-electron chi connectivity index (χ3n) is 2.65. The van der Waals surface area contributed by atoms with Gasteiger partial charge in [-0.15, -0.1) is 0 Å². The third kappa shape index (κ3) is 2.96. The predicted octanol–water partition coefficient (Wildman–Crippen LogP) is 2.87. The van der Waals surface area contributed by atoms with E-state index in [1.54, 1.807) is 18.2 Å². The minimum Gasteiger partial charge on any atom is -0.419 e. The summed E-state index contributed by atoms with van der Waals surface area (Å²) >= 11 is 5.85. The molecule has 1 heterocycles. The van der Waals surface area contributed by atoms with Gasteiger partial charge in [0, 0.05) is 18.9 Å². The van der Waals surface area contributed by atoms with E-state index >= 15 is 0 Å². The minimum atomic E-state index is -1.22. The first-order chi connectivity index (χ1) is 8.78. The van der Waals surface area contributed by atoms with E-state index in [1.807, 2.05) is 6.92 Å². The average Bonchev–Trinajstić information content (AvgIpc) is 2.24. The molecule has 0 aliphatic carbocycles. The van der Waals surface area contributed by atoms with E-state index in [9.17, 15) is 9.59 Å². The van der Waals surface area contributed by atoms with Gasteiger partial charge in [-0.25, -0.2) is 9.59 Å². The van der Waals surface area contributed by atoms with Gasteiger partial charge < -0.3 is 9.47 Å². The van der Waals surface area contributed by atoms with Crippen molar-refractivity contribution in [3.8, 4) is 0 Å². The number of carbonyl (C=O) groups is 2. The molecule has 1 aromatic carbocycles. The highest BCUT2D eigenvalue weighted by molar-refractivity contribution is 6.30. The van der Waals surface area contributed by atoms with Gasteiger partial charge in [-0.3, -0.25) is 0 Å². The number of cyclic esters (lactones) is 2. The van der Waals surface area contributed by atoms with E-state index in [2.05, 4.69) is 0 Å². The molecule has 0 radical (unpaired) electrons. The highest BCUT2D eigenvalue weighted by atomic mass is 35.5. The van der Waals surface area contributed by atoms with Crippen molar-refractivity contribution in [2.24, 2.45) is 0 Å². The van der Waals surface area contributed by atoms with Gasteiger partial charge in [0.1, 0.15) is 5.57 Å². The fourth-order valence-corrected chi connectivity index (χ4v) is 1.96. The zero-order valence-electron chi connectivity index (χ0n) is 10.8. The van der Waals surface area contributed by atoms with Gasteiger partial charge in [0.15, 0.2) is 0 Å². The van der Waals surface area contributed by atoms with Crippen LogP contribution in [-0.4, -0.2) is 17.7 Å². The summed E-state index contributed by atoms with van der Waals surface area (Å²) in [4.78, 5) is 23.6. The van der Waals surface area contributed by atoms with Crippen LogP contribution in [0.5, 0.6) is 0 Å². The summed E-state index contributed by atoms with van der Waals surface area (Å²) in [5.74, 6) is -2.59. The SMILES string of the molecule is Cc1cc(Cl)ccc1C=C1C(=O)OC(C)(C)OC1=O. The van der Waals surface area contributed by atoms with E-state index < -0.39 is 17.7 Å². The molecule has 5 heteroatoms. The molecule has 19 heavy (non-hydrogen) atoms. The molecule has 0 unspecified atom stereocenters. The van der Waals surface area contributed by atoms with Gasteiger partial charge in [-0.2, -0.15) is 0 Å². The first-order valence-electron chi connectivity index (χ1n) is 5.73. The zero-order valence-corrected chi connectivity index (χ0v) is 11.6. The molecule has 1 saturated heterocycles. The van der Waals surface area contributed by atoms with E-state index in [-0.39, 0.29) is 5.57 Å². The maximum atomic E-state index is 11.8. The van der Waals surface area contributed by atoms with Crippen molar-refractivity contribution in [2.45, 2.75) is 26.6 Å². The number of aryl methyl sites for hydroxylation is 1. The molecular formula is C14H13ClO4. The Morgan fingerprint density at radius 3 is 2.26 bits per heavy atom. The highest BCUT2D eigenvalue weighted by Crippen LogP contribution is 2.25. The first kappa shape index (κ1) is 13.6. The van der Waals surface area contributed by atoms with Crippen LogP contribution in [0.25, 0.3) is 6.08 Å². The maximum absolute atomic E-state index is 11.8. The van der Waals surface area contributed by atoms with Gasteiger partial charge in [0.2, 0.25) is 0 Å². The molecule has 1 aliphatic rings. The normalized spacial score (nSPS) is 17.8. The van der Waals surface area contributed by atoms with Gasteiger partial charge in [-0.1, -0.05) is 17.7 Å². The average molecular weight is 281 g/mol. The lowest BCUT2D eigenvalue weighted by Gasteiger charge is -2.29. The first-order valence-corrected chi connectivity index (χ1v) is 6.11. The van der Waals surface area contributed by atoms with Crippen molar-refractivity contribution < 1.29 is 19.1 Å². The van der Waals surface area contributed by atoms with Crippen LogP contribution in [0.3, 0.4) is 0 Å². The van der Waals surface area contributed by atoms with Gasteiger partial charge in [-0.05, 0) is 36.3 Å². The number of halogens is 1. The van der Waals surface area contributed by atoms with Crippen LogP contribution in [0.4, 0.5) is 0 Å². The Morgan fingerprint density at radius 2 is 1.74 bits per heavy atom. The Labute approximate surface area is 116 Å². The number of hydrogen-bond acceptors (Lipinski definition) is 4. The minimum absolute atomic E-state index is 0.121. The van der Waals surface area contributed by atoms with Crippen molar-refractivity contribution in [3.63, 3.8) is 0 Å². The summed E-state index contributed by atoms with van der Waals surface area (Å²) < 4.78 is 10.0. The Bertz CT molecular complexity index is 565. The molecule has 0 atom stereocenters. The standard InChI is InChI=1S/C14H13ClO4/c1-8-6-10(15)5-4-9(8)7-11-12(16)18-14(2,3)19-13(11)17/h4-7H,1-3H3. The lowest BCUT2D eigenvalue weighted by atomic mass is 10.1. The molecule has 0 aromatic heterocycles. The quantitative estimate of drug-likeness (QED) is 0.451. The highest BCUT2D eigenvalue weighted by Gasteiger charge is 2.38. The molecule has 1 fully saturated rings. The number of esters is 2. The van der Waals surface area contributed by atoms with E-state index in [0.717, 1.165) is 5.56 Å². The molecule has 100 valence electrons. The molecule has 0 saturated carbocycles. The number of rotatable bonds is 1. The molecule has 1 aliphatic heterocycles. The summed E-state index contributed by atoms with van der Waals surface area (Å²) in [5.41, 5.74) is 1.45. The Kier molecular flexibility index (Phi) is 3.37. The summed E-state index contributed by atoms with van der Waals surface area (Å²) in [5, 5.41) is 0.592. The van der Waals surface area contributed by atoms with Crippen LogP contribution in [0.15, 0.2) is 23.8 Å². The predicted molar refractivity (Wildman–Crippen MR) is 70.4 cm³/mol. The van der Waals surface area contributed by atoms with Gasteiger partial charge >= 0.3 is 11.9 Å². The van der Waals surface area contributed by atoms with Crippen molar-refractivity contribution >= 4 is 29.6 Å². The maximum Gasteiger partial charge on any atom is 0.348 e. The van der Waals surface area contributed by atoms with Crippen LogP contribution in [0.2, 0.25) is 5.02 Å². The number of hydrogen-bond donors (Lipinski definition) is 0. The van der Waals surface area contributed by atoms with Crippen LogP contribution in [0, 0.1) is 6.92 Å². The fraction of sp³-hybridized carbons (Fsp3) is 0.286.